The summed E-state index contributed by atoms with van der Waals surface area (Å²) < 4.78 is 0. The van der Waals surface area contributed by atoms with Gasteiger partial charge in [-0.05, 0) is 41.5 Å². The predicted octanol–water partition coefficient (Wildman–Crippen LogP) is 5.17. The molecule has 13 heavy (non-hydrogen) atoms. The Bertz CT molecular complexity index is 103. The maximum absolute atomic E-state index is 3.56. The van der Waals surface area contributed by atoms with Gasteiger partial charge in [-0.15, -0.1) is 32.1 Å². The van der Waals surface area contributed by atoms with Gasteiger partial charge in [0, 0.05) is 0 Å². The molecule has 0 N–H and O–H groups in total. The predicted molar refractivity (Wildman–Crippen MR) is 68.7 cm³/mol. The second-order valence-corrected chi connectivity index (χ2v) is 3.62. The minimum atomic E-state index is 0. The summed E-state index contributed by atoms with van der Waals surface area (Å²) in [6.45, 7) is 22.5. The zero-order valence-corrected chi connectivity index (χ0v) is 10.8. The number of hydrogen-bond donors (Lipinski definition) is 0. The molecule has 0 bridgehead atoms. The van der Waals surface area contributed by atoms with E-state index >= 15 is 0 Å². The van der Waals surface area contributed by atoms with Crippen molar-refractivity contribution in [3.63, 3.8) is 0 Å². The van der Waals surface area contributed by atoms with Gasteiger partial charge in [-0.2, -0.15) is 0 Å². The first-order chi connectivity index (χ1) is 5.20. The lowest BCUT2D eigenvalue weighted by atomic mass is 10.4. The summed E-state index contributed by atoms with van der Waals surface area (Å²) in [4.78, 5) is 0. The summed E-state index contributed by atoms with van der Waals surface area (Å²) in [7, 11) is 0. The van der Waals surface area contributed by atoms with E-state index in [1.165, 1.54) is 16.7 Å². The van der Waals surface area contributed by atoms with Gasteiger partial charge in [-0.3, -0.25) is 0 Å². The first-order valence-corrected chi connectivity index (χ1v) is 4.06. The van der Waals surface area contributed by atoms with Gasteiger partial charge in [0.25, 0.3) is 0 Å². The van der Waals surface area contributed by atoms with Crippen molar-refractivity contribution < 1.29 is 0 Å². The fraction of sp³-hybridized carbons (Fsp3) is 0.500. The minimum Gasteiger partial charge on any atom is -0.147 e. The summed E-state index contributed by atoms with van der Waals surface area (Å²) in [6, 6.07) is 0. The Labute approximate surface area is 90.8 Å². The average Bonchev–Trinajstić information content (AvgIpc) is 1.54. The fourth-order valence-electron chi connectivity index (χ4n) is 0. The Morgan fingerprint density at radius 3 is 0.538 bits per heavy atom. The van der Waals surface area contributed by atoms with Gasteiger partial charge in [0.1, 0.15) is 0 Å². The summed E-state index contributed by atoms with van der Waals surface area (Å²) in [5.74, 6) is 0. The fourth-order valence-corrected chi connectivity index (χ4v) is 0. The molecule has 0 aliphatic heterocycles. The van der Waals surface area contributed by atoms with Gasteiger partial charge in [0.2, 0.25) is 0 Å². The molecular formula is C12H25Cl. The molecule has 0 atom stereocenters. The molecule has 0 unspecified atom stereocenters. The minimum absolute atomic E-state index is 0. The Morgan fingerprint density at radius 1 is 0.538 bits per heavy atom. The Balaban J connectivity index is -0.0000000450. The van der Waals surface area contributed by atoms with Crippen molar-refractivity contribution in [2.24, 2.45) is 0 Å². The van der Waals surface area contributed by atoms with Crippen molar-refractivity contribution in [2.75, 3.05) is 0 Å². The van der Waals surface area contributed by atoms with Crippen LogP contribution < -0.4 is 0 Å². The van der Waals surface area contributed by atoms with Crippen LogP contribution in [0.25, 0.3) is 0 Å². The number of hydrogen-bond acceptors (Lipinski definition) is 0. The first-order valence-electron chi connectivity index (χ1n) is 4.06. The second kappa shape index (κ2) is 17.6. The molecule has 0 saturated carbocycles. The maximum atomic E-state index is 3.56. The third-order valence-electron chi connectivity index (χ3n) is 0. The topological polar surface area (TPSA) is 0 Å². The van der Waals surface area contributed by atoms with Crippen LogP contribution in [0.4, 0.5) is 0 Å². The molecule has 0 aliphatic carbocycles. The van der Waals surface area contributed by atoms with E-state index in [1.54, 1.807) is 0 Å². The normalized spacial score (nSPS) is 6.00. The zero-order valence-electron chi connectivity index (χ0n) is 10.0. The molecule has 0 aromatic rings. The Kier molecular flexibility index (Phi) is 30.9. The molecule has 0 fully saturated rings. The van der Waals surface area contributed by atoms with Gasteiger partial charge in [0.15, 0.2) is 0 Å². The van der Waals surface area contributed by atoms with Crippen LogP contribution in [-0.2, 0) is 0 Å². The lowest BCUT2D eigenvalue weighted by Crippen LogP contribution is -1.43. The summed E-state index contributed by atoms with van der Waals surface area (Å²) in [6.07, 6.45) is 0. The third-order valence-corrected chi connectivity index (χ3v) is 0. The van der Waals surface area contributed by atoms with Gasteiger partial charge < -0.3 is 0 Å². The van der Waals surface area contributed by atoms with Crippen molar-refractivity contribution >= 4 is 12.4 Å². The Hall–Kier alpha value is -0.490. The molecule has 1 heteroatoms. The van der Waals surface area contributed by atoms with Crippen LogP contribution in [0.1, 0.15) is 41.5 Å². The molecule has 0 heterocycles. The van der Waals surface area contributed by atoms with Crippen molar-refractivity contribution in [2.45, 2.75) is 41.5 Å². The molecule has 0 nitrogen and oxygen atoms in total. The summed E-state index contributed by atoms with van der Waals surface area (Å²) in [5, 5.41) is 0. The second-order valence-electron chi connectivity index (χ2n) is 3.62. The van der Waals surface area contributed by atoms with E-state index in [1.807, 2.05) is 41.5 Å². The molecule has 0 aliphatic rings. The highest BCUT2D eigenvalue weighted by Crippen LogP contribution is 1.74. The Morgan fingerprint density at radius 2 is 0.538 bits per heavy atom. The molecular weight excluding hydrogens is 180 g/mol. The summed E-state index contributed by atoms with van der Waals surface area (Å²) in [5.41, 5.74) is 3.50. The monoisotopic (exact) mass is 204 g/mol. The molecule has 0 radical (unpaired) electrons. The van der Waals surface area contributed by atoms with Crippen molar-refractivity contribution in [1.29, 1.82) is 0 Å². The van der Waals surface area contributed by atoms with Crippen LogP contribution >= 0.6 is 12.4 Å². The standard InChI is InChI=1S/3C4H8.ClH/c3*1-4(2)3;/h3*1H2,2-3H3;1H. The average molecular weight is 205 g/mol. The van der Waals surface area contributed by atoms with Crippen molar-refractivity contribution in [3.8, 4) is 0 Å². The summed E-state index contributed by atoms with van der Waals surface area (Å²) >= 11 is 0. The number of allylic oxidation sites excluding steroid dienone is 3. The van der Waals surface area contributed by atoms with E-state index in [0.717, 1.165) is 0 Å². The zero-order chi connectivity index (χ0) is 10.7. The highest BCUT2D eigenvalue weighted by Gasteiger charge is 1.52. The van der Waals surface area contributed by atoms with Crippen molar-refractivity contribution in [1.82, 2.24) is 0 Å². The lowest BCUT2D eigenvalue weighted by Gasteiger charge is -1.65. The van der Waals surface area contributed by atoms with Crippen LogP contribution in [0.3, 0.4) is 0 Å². The van der Waals surface area contributed by atoms with Crippen LogP contribution in [0.2, 0.25) is 0 Å². The first kappa shape index (κ1) is 22.9. The van der Waals surface area contributed by atoms with E-state index in [0.29, 0.717) is 0 Å². The quantitative estimate of drug-likeness (QED) is 0.478. The van der Waals surface area contributed by atoms with Gasteiger partial charge >= 0.3 is 0 Å². The van der Waals surface area contributed by atoms with Crippen LogP contribution in [-0.4, -0.2) is 0 Å². The van der Waals surface area contributed by atoms with Gasteiger partial charge in [-0.25, -0.2) is 0 Å². The molecule has 0 saturated heterocycles. The van der Waals surface area contributed by atoms with Gasteiger partial charge in [-0.1, -0.05) is 16.7 Å². The third kappa shape index (κ3) is 4340. The largest absolute Gasteiger partial charge is 0.147 e. The maximum Gasteiger partial charge on any atom is -0.0445 e. The number of halogens is 1. The van der Waals surface area contributed by atoms with E-state index < -0.39 is 0 Å². The van der Waals surface area contributed by atoms with Crippen molar-refractivity contribution in [3.05, 3.63) is 36.5 Å². The highest BCUT2D eigenvalue weighted by molar-refractivity contribution is 5.85. The lowest BCUT2D eigenvalue weighted by molar-refractivity contribution is 1.42. The molecule has 80 valence electrons. The molecule has 0 amide bonds. The molecule has 0 spiro atoms. The van der Waals surface area contributed by atoms with Crippen LogP contribution in [0, 0.1) is 0 Å². The van der Waals surface area contributed by atoms with E-state index in [9.17, 15) is 0 Å². The number of rotatable bonds is 0. The molecule has 0 aromatic carbocycles. The molecule has 0 rings (SSSR count). The van der Waals surface area contributed by atoms with E-state index in [-0.39, 0.29) is 12.4 Å². The smallest absolute Gasteiger partial charge is 0.0445 e. The highest BCUT2D eigenvalue weighted by atomic mass is 35.5. The molecule has 0 aromatic heterocycles. The van der Waals surface area contributed by atoms with Crippen LogP contribution in [0.5, 0.6) is 0 Å². The van der Waals surface area contributed by atoms with E-state index in [2.05, 4.69) is 19.7 Å². The van der Waals surface area contributed by atoms with Gasteiger partial charge in [0.05, 0.1) is 0 Å². The SMILES string of the molecule is C=C(C)C.C=C(C)C.C=C(C)C.Cl. The van der Waals surface area contributed by atoms with E-state index in [4.69, 9.17) is 0 Å². The van der Waals surface area contributed by atoms with Crippen LogP contribution in [0.15, 0.2) is 36.5 Å².